The van der Waals surface area contributed by atoms with Crippen molar-refractivity contribution in [3.8, 4) is 12.3 Å². The summed E-state index contributed by atoms with van der Waals surface area (Å²) in [7, 11) is 0. The van der Waals surface area contributed by atoms with Crippen LogP contribution in [0.15, 0.2) is 34.5 Å². The second-order valence-corrected chi connectivity index (χ2v) is 6.72. The number of rotatable bonds is 7. The van der Waals surface area contributed by atoms with E-state index in [2.05, 4.69) is 26.8 Å². The summed E-state index contributed by atoms with van der Waals surface area (Å²) in [6.07, 6.45) is 8.52. The van der Waals surface area contributed by atoms with Crippen LogP contribution in [-0.4, -0.2) is 41.6 Å². The Hall–Kier alpha value is -2.95. The quantitative estimate of drug-likeness (QED) is 0.722. The number of benzene rings is 1. The van der Waals surface area contributed by atoms with Crippen molar-refractivity contribution in [1.29, 1.82) is 0 Å². The van der Waals surface area contributed by atoms with Gasteiger partial charge >= 0.3 is 6.03 Å². The first-order valence-electron chi connectivity index (χ1n) is 9.01. The van der Waals surface area contributed by atoms with E-state index >= 15 is 0 Å². The van der Waals surface area contributed by atoms with Crippen LogP contribution in [0.4, 0.5) is 14.9 Å². The highest BCUT2D eigenvalue weighted by atomic mass is 19.1. The highest BCUT2D eigenvalue weighted by Gasteiger charge is 2.39. The molecular formula is C19H22FN5O2. The third-order valence-corrected chi connectivity index (χ3v) is 4.79. The summed E-state index contributed by atoms with van der Waals surface area (Å²) in [5.74, 6) is 2.01. The van der Waals surface area contributed by atoms with E-state index in [1.807, 2.05) is 0 Å². The van der Waals surface area contributed by atoms with Gasteiger partial charge in [0.15, 0.2) is 5.66 Å². The zero-order chi connectivity index (χ0) is 19.3. The van der Waals surface area contributed by atoms with Crippen LogP contribution in [0.3, 0.4) is 0 Å². The molecule has 1 unspecified atom stereocenters. The van der Waals surface area contributed by atoms with Gasteiger partial charge in [0.05, 0.1) is 0 Å². The summed E-state index contributed by atoms with van der Waals surface area (Å²) in [5, 5.41) is 13.7. The van der Waals surface area contributed by atoms with Crippen LogP contribution in [0, 0.1) is 18.2 Å². The van der Waals surface area contributed by atoms with E-state index in [0.29, 0.717) is 44.5 Å². The maximum absolute atomic E-state index is 13.0. The monoisotopic (exact) mass is 371 g/mol. The normalized spacial score (nSPS) is 19.4. The zero-order valence-electron chi connectivity index (χ0n) is 14.9. The summed E-state index contributed by atoms with van der Waals surface area (Å²) in [6, 6.07) is 4.63. The van der Waals surface area contributed by atoms with Gasteiger partial charge in [-0.3, -0.25) is 4.79 Å². The summed E-state index contributed by atoms with van der Waals surface area (Å²) in [4.78, 5) is 26.5. The number of halogens is 1. The molecule has 0 bridgehead atoms. The second kappa shape index (κ2) is 8.16. The largest absolute Gasteiger partial charge is 0.354 e. The van der Waals surface area contributed by atoms with Crippen LogP contribution in [0.1, 0.15) is 32.1 Å². The van der Waals surface area contributed by atoms with Crippen LogP contribution in [0.25, 0.3) is 0 Å². The van der Waals surface area contributed by atoms with Gasteiger partial charge in [-0.2, -0.15) is 10.2 Å². The number of amides is 3. The number of nitrogens with one attached hydrogen (secondary N) is 2. The molecule has 0 saturated carbocycles. The molecule has 1 saturated heterocycles. The predicted octanol–water partition coefficient (Wildman–Crippen LogP) is 2.90. The number of hydrogen-bond acceptors (Lipinski definition) is 4. The van der Waals surface area contributed by atoms with Crippen LogP contribution < -0.4 is 10.6 Å². The number of terminal acetylenes is 1. The van der Waals surface area contributed by atoms with Crippen LogP contribution >= 0.6 is 0 Å². The van der Waals surface area contributed by atoms with Gasteiger partial charge in [-0.15, -0.1) is 12.3 Å². The van der Waals surface area contributed by atoms with Crippen molar-refractivity contribution in [2.24, 2.45) is 10.2 Å². The molecule has 3 rings (SSSR count). The molecule has 8 heteroatoms. The average Bonchev–Trinajstić information content (AvgIpc) is 3.24. The molecule has 0 aromatic heterocycles. The summed E-state index contributed by atoms with van der Waals surface area (Å²) in [6.45, 7) is 0.933. The lowest BCUT2D eigenvalue weighted by atomic mass is 10.0. The Morgan fingerprint density at radius 1 is 1.30 bits per heavy atom. The molecule has 1 aromatic rings. The van der Waals surface area contributed by atoms with Crippen molar-refractivity contribution in [2.45, 2.75) is 43.8 Å². The van der Waals surface area contributed by atoms with Crippen molar-refractivity contribution < 1.29 is 14.0 Å². The minimum atomic E-state index is -0.514. The molecule has 0 aliphatic carbocycles. The third kappa shape index (κ3) is 4.82. The maximum Gasteiger partial charge on any atom is 0.322 e. The fraction of sp³-hybridized carbons (Fsp3) is 0.474. The van der Waals surface area contributed by atoms with Crippen molar-refractivity contribution in [2.75, 3.05) is 18.4 Å². The number of urea groups is 1. The fourth-order valence-electron chi connectivity index (χ4n) is 3.18. The van der Waals surface area contributed by atoms with Gasteiger partial charge in [0.25, 0.3) is 0 Å². The van der Waals surface area contributed by atoms with Crippen molar-refractivity contribution in [3.05, 3.63) is 30.1 Å². The van der Waals surface area contributed by atoms with Crippen LogP contribution in [-0.2, 0) is 4.79 Å². The molecular weight excluding hydrogens is 349 g/mol. The maximum atomic E-state index is 13.0. The molecule has 2 aliphatic heterocycles. The van der Waals surface area contributed by atoms with Crippen LogP contribution in [0.2, 0.25) is 0 Å². The molecule has 1 atom stereocenters. The fourth-order valence-corrected chi connectivity index (χ4v) is 3.18. The van der Waals surface area contributed by atoms with E-state index in [1.54, 1.807) is 0 Å². The number of carbonyl (C=O) groups is 2. The Kier molecular flexibility index (Phi) is 5.69. The Balaban J connectivity index is 1.48. The van der Waals surface area contributed by atoms with E-state index in [1.165, 1.54) is 29.2 Å². The Labute approximate surface area is 157 Å². The highest BCUT2D eigenvalue weighted by Crippen LogP contribution is 2.36. The van der Waals surface area contributed by atoms with Crippen molar-refractivity contribution >= 4 is 17.6 Å². The molecule has 0 spiro atoms. The first-order chi connectivity index (χ1) is 13.0. The topological polar surface area (TPSA) is 86.2 Å². The average molecular weight is 371 g/mol. The number of hydrogen-bond donors (Lipinski definition) is 2. The van der Waals surface area contributed by atoms with Gasteiger partial charge in [-0.1, -0.05) is 0 Å². The summed E-state index contributed by atoms with van der Waals surface area (Å²) >= 11 is 0. The number of anilines is 1. The van der Waals surface area contributed by atoms with Crippen molar-refractivity contribution in [3.63, 3.8) is 0 Å². The van der Waals surface area contributed by atoms with Crippen molar-refractivity contribution in [1.82, 2.24) is 10.2 Å². The second-order valence-electron chi connectivity index (χ2n) is 6.72. The Morgan fingerprint density at radius 2 is 2.04 bits per heavy atom. The van der Waals surface area contributed by atoms with Gasteiger partial charge < -0.3 is 15.5 Å². The lowest BCUT2D eigenvalue weighted by Gasteiger charge is -2.24. The number of carbonyl (C=O) groups excluding carboxylic acids is 2. The molecule has 142 valence electrons. The first-order valence-corrected chi connectivity index (χ1v) is 9.01. The predicted molar refractivity (Wildman–Crippen MR) is 98.4 cm³/mol. The molecule has 2 N–H and O–H groups in total. The first kappa shape index (κ1) is 18.8. The van der Waals surface area contributed by atoms with E-state index in [4.69, 9.17) is 6.42 Å². The molecule has 2 heterocycles. The minimum Gasteiger partial charge on any atom is -0.354 e. The van der Waals surface area contributed by atoms with Gasteiger partial charge in [-0.05, 0) is 37.1 Å². The molecule has 3 amide bonds. The number of likely N-dealkylation sites (tertiary alicyclic amines) is 1. The van der Waals surface area contributed by atoms with E-state index in [9.17, 15) is 14.0 Å². The molecule has 0 radical (unpaired) electrons. The smallest absolute Gasteiger partial charge is 0.322 e. The summed E-state index contributed by atoms with van der Waals surface area (Å²) < 4.78 is 13.0. The molecule has 1 fully saturated rings. The molecule has 1 aromatic carbocycles. The van der Waals surface area contributed by atoms with E-state index in [0.717, 1.165) is 6.42 Å². The molecule has 7 nitrogen and oxygen atoms in total. The SMILES string of the molecule is C#CCCC1(CCNC(=O)C2CCCN2C(=O)Nc2ccc(F)cc2)N=N1. The van der Waals surface area contributed by atoms with Gasteiger partial charge in [0, 0.05) is 38.0 Å². The standard InChI is InChI=1S/C19H22FN5O2/c1-2-3-10-19(23-24-19)11-12-21-17(26)16-5-4-13-25(16)18(27)22-15-8-6-14(20)7-9-15/h1,6-9,16H,3-5,10-13H2,(H,21,26)(H,22,27). The number of nitrogens with zero attached hydrogens (tertiary/aromatic N) is 3. The zero-order valence-corrected chi connectivity index (χ0v) is 14.9. The van der Waals surface area contributed by atoms with Crippen LogP contribution in [0.5, 0.6) is 0 Å². The lowest BCUT2D eigenvalue weighted by molar-refractivity contribution is -0.124. The van der Waals surface area contributed by atoms with E-state index in [-0.39, 0.29) is 17.8 Å². The molecule has 2 aliphatic rings. The van der Waals surface area contributed by atoms with Gasteiger partial charge in [-0.25, -0.2) is 9.18 Å². The molecule has 27 heavy (non-hydrogen) atoms. The van der Waals surface area contributed by atoms with E-state index < -0.39 is 11.7 Å². The Morgan fingerprint density at radius 3 is 2.70 bits per heavy atom. The Bertz CT molecular complexity index is 765. The highest BCUT2D eigenvalue weighted by molar-refractivity contribution is 5.94. The lowest BCUT2D eigenvalue weighted by Crippen LogP contribution is -2.48. The van der Waals surface area contributed by atoms with Gasteiger partial charge in [0.2, 0.25) is 5.91 Å². The summed E-state index contributed by atoms with van der Waals surface area (Å²) in [5.41, 5.74) is 0.0504. The van der Waals surface area contributed by atoms with Gasteiger partial charge in [0.1, 0.15) is 11.9 Å². The third-order valence-electron chi connectivity index (χ3n) is 4.79. The minimum absolute atomic E-state index is 0.186.